The fraction of sp³-hybridized carbons (Fsp3) is 0.556. The van der Waals surface area contributed by atoms with E-state index in [9.17, 15) is 4.79 Å². The van der Waals surface area contributed by atoms with Gasteiger partial charge < -0.3 is 19.9 Å². The fourth-order valence-corrected chi connectivity index (χ4v) is 2.72. The second-order valence-corrected chi connectivity index (χ2v) is 7.91. The minimum Gasteiger partial charge on any atom is -0.444 e. The summed E-state index contributed by atoms with van der Waals surface area (Å²) in [6.45, 7) is 12.3. The quantitative estimate of drug-likeness (QED) is 0.786. The number of fused-ring (bicyclic) bond motifs is 1. The van der Waals surface area contributed by atoms with Gasteiger partial charge in [-0.05, 0) is 57.4 Å². The summed E-state index contributed by atoms with van der Waals surface area (Å²) in [6, 6.07) is 1.95. The van der Waals surface area contributed by atoms with Crippen molar-refractivity contribution in [3.05, 3.63) is 23.5 Å². The largest absolute Gasteiger partial charge is 0.444 e. The standard InChI is InChI=1S/C18H27ClN4O2/c1-11(2)14(21-17(24)25-18(4,5)6)10-23-12(3)9-13-7-8-20-16(19)22-15(13)23/h7-9,11,14H,10H2,1-6H3,(H,20,22)(H,21,24)/t14-/m1/s1. The minimum atomic E-state index is -0.527. The number of carbonyl (C=O) groups is 1. The molecule has 1 aliphatic rings. The molecule has 2 rings (SSSR count). The lowest BCUT2D eigenvalue weighted by atomic mass is 10.0. The molecule has 0 fully saturated rings. The highest BCUT2D eigenvalue weighted by atomic mass is 35.5. The smallest absolute Gasteiger partial charge is 0.407 e. The Bertz CT molecular complexity index is 699. The van der Waals surface area contributed by atoms with Crippen molar-refractivity contribution in [3.8, 4) is 0 Å². The molecule has 138 valence electrons. The zero-order valence-corrected chi connectivity index (χ0v) is 16.4. The topological polar surface area (TPSA) is 67.7 Å². The molecule has 0 aromatic carbocycles. The summed E-state index contributed by atoms with van der Waals surface area (Å²) < 4.78 is 7.45. The highest BCUT2D eigenvalue weighted by Gasteiger charge is 2.24. The number of hydrogen-bond acceptors (Lipinski definition) is 4. The average Bonchev–Trinajstić information content (AvgIpc) is 2.62. The summed E-state index contributed by atoms with van der Waals surface area (Å²) in [5.74, 6) is 1.00. The Morgan fingerprint density at radius 3 is 2.72 bits per heavy atom. The zero-order chi connectivity index (χ0) is 18.8. The number of halogens is 1. The lowest BCUT2D eigenvalue weighted by molar-refractivity contribution is 0.0484. The van der Waals surface area contributed by atoms with E-state index in [2.05, 4.69) is 40.1 Å². The number of nitrogens with one attached hydrogen (secondary N) is 2. The van der Waals surface area contributed by atoms with Gasteiger partial charge >= 0.3 is 6.09 Å². The van der Waals surface area contributed by atoms with Crippen molar-refractivity contribution < 1.29 is 9.53 Å². The number of amidine groups is 1. The highest BCUT2D eigenvalue weighted by molar-refractivity contribution is 6.65. The van der Waals surface area contributed by atoms with E-state index in [-0.39, 0.29) is 12.0 Å². The molecule has 1 aliphatic heterocycles. The van der Waals surface area contributed by atoms with Gasteiger partial charge in [-0.15, -0.1) is 0 Å². The van der Waals surface area contributed by atoms with Gasteiger partial charge in [-0.3, -0.25) is 0 Å². The number of hydrogen-bond donors (Lipinski definition) is 2. The lowest BCUT2D eigenvalue weighted by Crippen LogP contribution is -2.44. The molecule has 7 heteroatoms. The molecule has 0 aliphatic carbocycles. The molecule has 0 radical (unpaired) electrons. The van der Waals surface area contributed by atoms with Gasteiger partial charge in [0.1, 0.15) is 11.4 Å². The molecule has 2 heterocycles. The summed E-state index contributed by atoms with van der Waals surface area (Å²) in [7, 11) is 0. The molecule has 25 heavy (non-hydrogen) atoms. The first-order valence-corrected chi connectivity index (χ1v) is 8.81. The van der Waals surface area contributed by atoms with Crippen molar-refractivity contribution in [2.75, 3.05) is 0 Å². The predicted molar refractivity (Wildman–Crippen MR) is 102 cm³/mol. The molecular formula is C18H27ClN4O2. The number of aliphatic imine (C=N–C) groups is 1. The van der Waals surface area contributed by atoms with Crippen molar-refractivity contribution in [2.45, 2.75) is 59.7 Å². The van der Waals surface area contributed by atoms with Gasteiger partial charge in [-0.1, -0.05) is 13.8 Å². The van der Waals surface area contributed by atoms with E-state index in [0.29, 0.717) is 11.8 Å². The molecule has 1 amide bonds. The normalized spacial score (nSPS) is 15.1. The molecule has 2 N–H and O–H groups in total. The molecule has 0 unspecified atom stereocenters. The predicted octanol–water partition coefficient (Wildman–Crippen LogP) is 4.15. The van der Waals surface area contributed by atoms with Crippen LogP contribution in [-0.4, -0.2) is 27.6 Å². The molecule has 0 bridgehead atoms. The van der Waals surface area contributed by atoms with E-state index in [1.165, 1.54) is 0 Å². The van der Waals surface area contributed by atoms with Crippen molar-refractivity contribution in [3.63, 3.8) is 0 Å². The van der Waals surface area contributed by atoms with Crippen LogP contribution in [0, 0.1) is 12.8 Å². The van der Waals surface area contributed by atoms with Crippen molar-refractivity contribution >= 4 is 34.9 Å². The van der Waals surface area contributed by atoms with Crippen LogP contribution in [0.15, 0.2) is 17.3 Å². The van der Waals surface area contributed by atoms with Crippen LogP contribution in [0.1, 0.15) is 45.9 Å². The van der Waals surface area contributed by atoms with Crippen LogP contribution < -0.4 is 10.6 Å². The van der Waals surface area contributed by atoms with E-state index < -0.39 is 11.7 Å². The van der Waals surface area contributed by atoms with E-state index in [0.717, 1.165) is 17.1 Å². The van der Waals surface area contributed by atoms with Gasteiger partial charge in [0, 0.05) is 24.0 Å². The van der Waals surface area contributed by atoms with Crippen LogP contribution in [0.4, 0.5) is 10.6 Å². The first kappa shape index (κ1) is 19.4. The number of amides is 1. The SMILES string of the molecule is Cc1cc2c(n1C[C@@H](NC(=O)OC(C)(C)C)C(C)C)N=C(Cl)NC=C2. The van der Waals surface area contributed by atoms with Gasteiger partial charge in [-0.2, -0.15) is 0 Å². The summed E-state index contributed by atoms with van der Waals surface area (Å²) in [5.41, 5.74) is 1.52. The number of carbonyl (C=O) groups excluding carboxylic acids is 1. The van der Waals surface area contributed by atoms with E-state index in [1.807, 2.05) is 33.8 Å². The number of rotatable bonds is 4. The van der Waals surface area contributed by atoms with Crippen LogP contribution in [0.3, 0.4) is 0 Å². The Morgan fingerprint density at radius 1 is 1.44 bits per heavy atom. The van der Waals surface area contributed by atoms with Gasteiger partial charge in [0.2, 0.25) is 5.29 Å². The summed E-state index contributed by atoms with van der Waals surface area (Å²) in [6.07, 6.45) is 3.29. The maximum atomic E-state index is 12.2. The highest BCUT2D eigenvalue weighted by Crippen LogP contribution is 2.28. The fourth-order valence-electron chi connectivity index (χ4n) is 2.57. The Morgan fingerprint density at radius 2 is 2.12 bits per heavy atom. The van der Waals surface area contributed by atoms with Crippen LogP contribution in [0.25, 0.3) is 6.08 Å². The van der Waals surface area contributed by atoms with Crippen molar-refractivity contribution in [1.29, 1.82) is 0 Å². The Kier molecular flexibility index (Phi) is 5.83. The number of ether oxygens (including phenoxy) is 1. The Balaban J connectivity index is 2.24. The number of aromatic nitrogens is 1. The first-order valence-electron chi connectivity index (χ1n) is 8.44. The number of alkyl carbamates (subject to hydrolysis) is 1. The molecular weight excluding hydrogens is 340 g/mol. The molecule has 1 aromatic heterocycles. The van der Waals surface area contributed by atoms with Gasteiger partial charge in [-0.25, -0.2) is 9.79 Å². The minimum absolute atomic E-state index is 0.0979. The number of aryl methyl sites for hydroxylation is 1. The Labute approximate surface area is 154 Å². The molecule has 0 saturated heterocycles. The average molecular weight is 367 g/mol. The van der Waals surface area contributed by atoms with Gasteiger partial charge in [0.25, 0.3) is 0 Å². The van der Waals surface area contributed by atoms with Crippen molar-refractivity contribution in [1.82, 2.24) is 15.2 Å². The van der Waals surface area contributed by atoms with Crippen LogP contribution in [0.2, 0.25) is 0 Å². The van der Waals surface area contributed by atoms with Crippen LogP contribution >= 0.6 is 11.6 Å². The van der Waals surface area contributed by atoms with Gasteiger partial charge in [0.15, 0.2) is 0 Å². The molecule has 0 saturated carbocycles. The summed E-state index contributed by atoms with van der Waals surface area (Å²) >= 11 is 6.07. The number of nitrogens with zero attached hydrogens (tertiary/aromatic N) is 2. The summed E-state index contributed by atoms with van der Waals surface area (Å²) in [4.78, 5) is 16.6. The maximum Gasteiger partial charge on any atom is 0.407 e. The lowest BCUT2D eigenvalue weighted by Gasteiger charge is -2.27. The van der Waals surface area contributed by atoms with Gasteiger partial charge in [0.05, 0.1) is 6.04 Å². The third kappa shape index (κ3) is 5.26. The van der Waals surface area contributed by atoms with Crippen molar-refractivity contribution in [2.24, 2.45) is 10.9 Å². The first-order chi connectivity index (χ1) is 11.6. The second kappa shape index (κ2) is 7.52. The third-order valence-electron chi connectivity index (χ3n) is 3.86. The zero-order valence-electron chi connectivity index (χ0n) is 15.7. The van der Waals surface area contributed by atoms with E-state index in [1.54, 1.807) is 6.20 Å². The molecule has 0 spiro atoms. The molecule has 1 atom stereocenters. The maximum absolute atomic E-state index is 12.2. The monoisotopic (exact) mass is 366 g/mol. The van der Waals surface area contributed by atoms with E-state index >= 15 is 0 Å². The van der Waals surface area contributed by atoms with Crippen LogP contribution in [-0.2, 0) is 11.3 Å². The van der Waals surface area contributed by atoms with E-state index in [4.69, 9.17) is 16.3 Å². The third-order valence-corrected chi connectivity index (χ3v) is 4.05. The Hall–Kier alpha value is -1.95. The second-order valence-electron chi connectivity index (χ2n) is 7.55. The summed E-state index contributed by atoms with van der Waals surface area (Å²) in [5, 5.41) is 6.18. The molecule has 6 nitrogen and oxygen atoms in total. The van der Waals surface area contributed by atoms with Crippen LogP contribution in [0.5, 0.6) is 0 Å². The molecule has 1 aromatic rings.